The molecule has 1 atom stereocenters. The third-order valence-electron chi connectivity index (χ3n) is 3.68. The minimum absolute atomic E-state index is 0.0277. The van der Waals surface area contributed by atoms with Crippen LogP contribution in [0.15, 0.2) is 24.3 Å². The van der Waals surface area contributed by atoms with Crippen molar-refractivity contribution in [3.63, 3.8) is 0 Å². The Morgan fingerprint density at radius 2 is 2.21 bits per heavy atom. The van der Waals surface area contributed by atoms with E-state index in [-0.39, 0.29) is 12.1 Å². The van der Waals surface area contributed by atoms with E-state index < -0.39 is 0 Å². The molecule has 0 bridgehead atoms. The van der Waals surface area contributed by atoms with E-state index in [2.05, 4.69) is 22.4 Å². The fraction of sp³-hybridized carbons (Fsp3) is 0.357. The average Bonchev–Trinajstić information content (AvgIpc) is 2.90. The van der Waals surface area contributed by atoms with E-state index in [0.717, 1.165) is 11.2 Å². The van der Waals surface area contributed by atoms with Crippen LogP contribution >= 0.6 is 0 Å². The number of hydrogen-bond acceptors (Lipinski definition) is 2. The number of carbonyl (C=O) groups excluding carboxylic acids is 1. The highest BCUT2D eigenvalue weighted by Crippen LogP contribution is 2.30. The molecule has 1 aromatic heterocycles. The number of nitrogens with zero attached hydrogens (tertiary/aromatic N) is 1. The van der Waals surface area contributed by atoms with Crippen LogP contribution in [0, 0.1) is 6.92 Å². The molecule has 1 aromatic carbocycles. The Labute approximate surface area is 111 Å². The normalized spacial score (nSPS) is 19.2. The first-order chi connectivity index (χ1) is 9.20. The summed E-state index contributed by atoms with van der Waals surface area (Å²) in [5, 5.41) is 4.22. The summed E-state index contributed by atoms with van der Waals surface area (Å²) in [7, 11) is 0. The van der Waals surface area contributed by atoms with Crippen molar-refractivity contribution in [1.82, 2.24) is 15.2 Å². The van der Waals surface area contributed by atoms with Crippen LogP contribution in [0.1, 0.15) is 17.3 Å². The van der Waals surface area contributed by atoms with Crippen molar-refractivity contribution in [2.45, 2.75) is 13.0 Å². The van der Waals surface area contributed by atoms with Gasteiger partial charge >= 0.3 is 6.03 Å². The van der Waals surface area contributed by atoms with E-state index in [1.54, 1.807) is 4.90 Å². The lowest BCUT2D eigenvalue weighted by molar-refractivity contribution is 0.218. The van der Waals surface area contributed by atoms with Gasteiger partial charge in [0.25, 0.3) is 0 Å². The molecular weight excluding hydrogens is 240 g/mol. The first-order valence-electron chi connectivity index (χ1n) is 6.53. The molecular formula is C14H18N4O. The van der Waals surface area contributed by atoms with E-state index >= 15 is 0 Å². The molecule has 5 heteroatoms. The van der Waals surface area contributed by atoms with Gasteiger partial charge in [-0.15, -0.1) is 0 Å². The highest BCUT2D eigenvalue weighted by molar-refractivity contribution is 5.87. The molecule has 2 amide bonds. The third-order valence-corrected chi connectivity index (χ3v) is 3.68. The van der Waals surface area contributed by atoms with Gasteiger partial charge in [0, 0.05) is 41.8 Å². The molecule has 100 valence electrons. The van der Waals surface area contributed by atoms with Crippen LogP contribution < -0.4 is 11.1 Å². The molecule has 1 unspecified atom stereocenters. The molecule has 1 aliphatic heterocycles. The minimum Gasteiger partial charge on any atom is -0.358 e. The summed E-state index contributed by atoms with van der Waals surface area (Å²) >= 11 is 0. The summed E-state index contributed by atoms with van der Waals surface area (Å²) in [6, 6.07) is 8.19. The van der Waals surface area contributed by atoms with Gasteiger partial charge in [0.05, 0.1) is 6.04 Å². The van der Waals surface area contributed by atoms with Crippen LogP contribution in [0.3, 0.4) is 0 Å². The van der Waals surface area contributed by atoms with Crippen LogP contribution in [-0.4, -0.2) is 35.5 Å². The number of fused-ring (bicyclic) bond motifs is 1. The number of aromatic nitrogens is 1. The standard InChI is InChI=1S/C14H18N4O/c1-9-13(10-4-2-3-5-11(10)16-9)12-8-18(7-6-15)14(19)17-12/h2-5,12,16H,6-8,15H2,1H3,(H,17,19). The zero-order valence-corrected chi connectivity index (χ0v) is 10.9. The maximum absolute atomic E-state index is 11.9. The number of urea groups is 1. The van der Waals surface area contributed by atoms with Crippen molar-refractivity contribution in [1.29, 1.82) is 0 Å². The third kappa shape index (κ3) is 1.96. The molecule has 1 saturated heterocycles. The van der Waals surface area contributed by atoms with Crippen molar-refractivity contribution in [3.05, 3.63) is 35.5 Å². The summed E-state index contributed by atoms with van der Waals surface area (Å²) in [6.07, 6.45) is 0. The Kier molecular flexibility index (Phi) is 2.91. The highest BCUT2D eigenvalue weighted by atomic mass is 16.2. The largest absolute Gasteiger partial charge is 0.358 e. The zero-order valence-electron chi connectivity index (χ0n) is 10.9. The molecule has 2 heterocycles. The molecule has 5 nitrogen and oxygen atoms in total. The number of aryl methyl sites for hydroxylation is 1. The molecule has 4 N–H and O–H groups in total. The van der Waals surface area contributed by atoms with Gasteiger partial charge in [-0.2, -0.15) is 0 Å². The lowest BCUT2D eigenvalue weighted by Crippen LogP contribution is -2.32. The number of para-hydroxylation sites is 1. The summed E-state index contributed by atoms with van der Waals surface area (Å²) in [6.45, 7) is 3.82. The van der Waals surface area contributed by atoms with E-state index in [9.17, 15) is 4.79 Å². The van der Waals surface area contributed by atoms with E-state index in [1.807, 2.05) is 19.1 Å². The number of hydrogen-bond donors (Lipinski definition) is 3. The lowest BCUT2D eigenvalue weighted by Gasteiger charge is -2.13. The Morgan fingerprint density at radius 1 is 1.42 bits per heavy atom. The number of carbonyl (C=O) groups is 1. The van der Waals surface area contributed by atoms with Gasteiger partial charge in [0.1, 0.15) is 0 Å². The fourth-order valence-electron chi connectivity index (χ4n) is 2.85. The van der Waals surface area contributed by atoms with Crippen molar-refractivity contribution in [3.8, 4) is 0 Å². The quantitative estimate of drug-likeness (QED) is 0.780. The van der Waals surface area contributed by atoms with Gasteiger partial charge in [-0.3, -0.25) is 0 Å². The van der Waals surface area contributed by atoms with Gasteiger partial charge in [-0.05, 0) is 13.0 Å². The zero-order chi connectivity index (χ0) is 13.4. The van der Waals surface area contributed by atoms with Crippen molar-refractivity contribution < 1.29 is 4.79 Å². The number of amides is 2. The van der Waals surface area contributed by atoms with Crippen molar-refractivity contribution in [2.75, 3.05) is 19.6 Å². The van der Waals surface area contributed by atoms with Crippen LogP contribution in [0.2, 0.25) is 0 Å². The molecule has 3 rings (SSSR count). The second-order valence-electron chi connectivity index (χ2n) is 4.95. The molecule has 0 aliphatic carbocycles. The fourth-order valence-corrected chi connectivity index (χ4v) is 2.85. The number of rotatable bonds is 3. The number of H-pyrrole nitrogens is 1. The second kappa shape index (κ2) is 4.59. The maximum Gasteiger partial charge on any atom is 0.318 e. The average molecular weight is 258 g/mol. The Hall–Kier alpha value is -2.01. The summed E-state index contributed by atoms with van der Waals surface area (Å²) < 4.78 is 0. The molecule has 0 radical (unpaired) electrons. The van der Waals surface area contributed by atoms with Gasteiger partial charge in [-0.1, -0.05) is 18.2 Å². The molecule has 19 heavy (non-hydrogen) atoms. The Morgan fingerprint density at radius 3 is 3.00 bits per heavy atom. The van der Waals surface area contributed by atoms with Gasteiger partial charge in [-0.25, -0.2) is 4.79 Å². The van der Waals surface area contributed by atoms with Crippen molar-refractivity contribution >= 4 is 16.9 Å². The topological polar surface area (TPSA) is 74.1 Å². The van der Waals surface area contributed by atoms with Gasteiger partial charge < -0.3 is 20.9 Å². The SMILES string of the molecule is Cc1[nH]c2ccccc2c1C1CN(CCN)C(=O)N1. The predicted molar refractivity (Wildman–Crippen MR) is 74.9 cm³/mol. The predicted octanol–water partition coefficient (Wildman–Crippen LogP) is 1.50. The monoisotopic (exact) mass is 258 g/mol. The summed E-state index contributed by atoms with van der Waals surface area (Å²) in [4.78, 5) is 17.0. The van der Waals surface area contributed by atoms with Crippen molar-refractivity contribution in [2.24, 2.45) is 5.73 Å². The van der Waals surface area contributed by atoms with E-state index in [0.29, 0.717) is 19.6 Å². The van der Waals surface area contributed by atoms with E-state index in [1.165, 1.54) is 10.9 Å². The lowest BCUT2D eigenvalue weighted by atomic mass is 10.0. The summed E-state index contributed by atoms with van der Waals surface area (Å²) in [5.41, 5.74) is 8.94. The van der Waals surface area contributed by atoms with Gasteiger partial charge in [0.15, 0.2) is 0 Å². The van der Waals surface area contributed by atoms with Crippen LogP contribution in [-0.2, 0) is 0 Å². The van der Waals surface area contributed by atoms with Crippen LogP contribution in [0.5, 0.6) is 0 Å². The van der Waals surface area contributed by atoms with Gasteiger partial charge in [0.2, 0.25) is 0 Å². The first-order valence-corrected chi connectivity index (χ1v) is 6.53. The molecule has 1 fully saturated rings. The smallest absolute Gasteiger partial charge is 0.318 e. The van der Waals surface area contributed by atoms with E-state index in [4.69, 9.17) is 5.73 Å². The maximum atomic E-state index is 11.9. The first kappa shape index (κ1) is 12.0. The Balaban J connectivity index is 1.97. The summed E-state index contributed by atoms with van der Waals surface area (Å²) in [5.74, 6) is 0. The number of benzene rings is 1. The second-order valence-corrected chi connectivity index (χ2v) is 4.95. The number of nitrogens with one attached hydrogen (secondary N) is 2. The molecule has 0 saturated carbocycles. The minimum atomic E-state index is -0.0277. The Bertz CT molecular complexity index is 619. The molecule has 1 aliphatic rings. The number of aromatic amines is 1. The van der Waals surface area contributed by atoms with Crippen LogP contribution in [0.4, 0.5) is 4.79 Å². The molecule has 0 spiro atoms. The number of nitrogens with two attached hydrogens (primary N) is 1. The highest BCUT2D eigenvalue weighted by Gasteiger charge is 2.31. The molecule has 2 aromatic rings. The van der Waals surface area contributed by atoms with Crippen LogP contribution in [0.25, 0.3) is 10.9 Å².